The first-order valence-electron chi connectivity index (χ1n) is 10.9. The van der Waals surface area contributed by atoms with E-state index in [1.807, 2.05) is 23.2 Å². The van der Waals surface area contributed by atoms with Crippen LogP contribution in [0, 0.1) is 23.2 Å². The first kappa shape index (κ1) is 20.6. The standard InChI is InChI=1S/C25H22N6O2/c26-14-18-3-1-17(2-4-18)5-8-24(32)30-11-9-20-15-31(16-21(20)10-12-30)25(33)19-6-7-22-23(13-19)28-29-27-22/h1-9,11,13,20-21H,10,12,15-16H2,(H,27,28,29)/b8-5+/t20-,21+/m1/s1. The first-order valence-corrected chi connectivity index (χ1v) is 10.9. The van der Waals surface area contributed by atoms with Gasteiger partial charge in [0.25, 0.3) is 11.8 Å². The Morgan fingerprint density at radius 2 is 1.91 bits per heavy atom. The van der Waals surface area contributed by atoms with E-state index in [1.54, 1.807) is 47.4 Å². The summed E-state index contributed by atoms with van der Waals surface area (Å²) in [7, 11) is 0. The van der Waals surface area contributed by atoms with Gasteiger partial charge in [-0.05, 0) is 54.3 Å². The van der Waals surface area contributed by atoms with Crippen molar-refractivity contribution in [2.45, 2.75) is 6.42 Å². The van der Waals surface area contributed by atoms with Gasteiger partial charge in [0, 0.05) is 43.4 Å². The minimum absolute atomic E-state index is 0.000319. The van der Waals surface area contributed by atoms with Gasteiger partial charge in [-0.3, -0.25) is 9.59 Å². The van der Waals surface area contributed by atoms with Gasteiger partial charge in [-0.15, -0.1) is 0 Å². The summed E-state index contributed by atoms with van der Waals surface area (Å²) in [6, 6.07) is 14.5. The second-order valence-electron chi connectivity index (χ2n) is 8.39. The van der Waals surface area contributed by atoms with E-state index in [2.05, 4.69) is 27.6 Å². The van der Waals surface area contributed by atoms with Gasteiger partial charge >= 0.3 is 0 Å². The molecular weight excluding hydrogens is 416 g/mol. The van der Waals surface area contributed by atoms with Crippen LogP contribution in [0.4, 0.5) is 0 Å². The minimum Gasteiger partial charge on any atom is -0.338 e. The molecule has 2 amide bonds. The van der Waals surface area contributed by atoms with E-state index in [0.717, 1.165) is 17.5 Å². The van der Waals surface area contributed by atoms with Gasteiger partial charge in [-0.1, -0.05) is 18.2 Å². The second-order valence-corrected chi connectivity index (χ2v) is 8.39. The van der Waals surface area contributed by atoms with Gasteiger partial charge < -0.3 is 9.80 Å². The van der Waals surface area contributed by atoms with Crippen LogP contribution in [0.25, 0.3) is 17.1 Å². The summed E-state index contributed by atoms with van der Waals surface area (Å²) in [5, 5.41) is 19.5. The Morgan fingerprint density at radius 1 is 1.09 bits per heavy atom. The highest BCUT2D eigenvalue weighted by Crippen LogP contribution is 2.31. The maximum atomic E-state index is 13.0. The molecule has 0 unspecified atom stereocenters. The molecule has 5 rings (SSSR count). The fraction of sp³-hybridized carbons (Fsp3) is 0.240. The molecule has 0 saturated carbocycles. The maximum absolute atomic E-state index is 13.0. The number of aromatic nitrogens is 3. The molecule has 2 aliphatic rings. The van der Waals surface area contributed by atoms with Crippen LogP contribution >= 0.6 is 0 Å². The first-order chi connectivity index (χ1) is 16.1. The zero-order valence-electron chi connectivity index (χ0n) is 17.9. The Balaban J connectivity index is 1.22. The molecule has 2 aliphatic heterocycles. The third-order valence-electron chi connectivity index (χ3n) is 6.34. The van der Waals surface area contributed by atoms with Crippen molar-refractivity contribution in [3.63, 3.8) is 0 Å². The van der Waals surface area contributed by atoms with E-state index >= 15 is 0 Å². The zero-order valence-corrected chi connectivity index (χ0v) is 17.9. The van der Waals surface area contributed by atoms with E-state index in [-0.39, 0.29) is 17.7 Å². The van der Waals surface area contributed by atoms with E-state index in [9.17, 15) is 9.59 Å². The summed E-state index contributed by atoms with van der Waals surface area (Å²) in [5.41, 5.74) is 3.49. The van der Waals surface area contributed by atoms with Crippen molar-refractivity contribution in [3.05, 3.63) is 77.5 Å². The number of amides is 2. The SMILES string of the molecule is N#Cc1ccc(/C=C/C(=O)N2C=C[C@@H]3CN(C(=O)c4ccc5n[nH]nc5c4)C[C@@H]3CC2)cc1. The fourth-order valence-electron chi connectivity index (χ4n) is 4.45. The van der Waals surface area contributed by atoms with E-state index in [1.165, 1.54) is 0 Å². The number of carbonyl (C=O) groups is 2. The van der Waals surface area contributed by atoms with Crippen molar-refractivity contribution < 1.29 is 9.59 Å². The number of hydrogen-bond donors (Lipinski definition) is 1. The third kappa shape index (κ3) is 4.26. The summed E-state index contributed by atoms with van der Waals surface area (Å²) in [4.78, 5) is 29.3. The number of fused-ring (bicyclic) bond motifs is 2. The van der Waals surface area contributed by atoms with Crippen molar-refractivity contribution in [3.8, 4) is 6.07 Å². The molecule has 0 aliphatic carbocycles. The Bertz CT molecular complexity index is 1300. The van der Waals surface area contributed by atoms with Gasteiger partial charge in [-0.2, -0.15) is 20.7 Å². The van der Waals surface area contributed by atoms with Crippen LogP contribution in [0.2, 0.25) is 0 Å². The summed E-state index contributed by atoms with van der Waals surface area (Å²) >= 11 is 0. The number of benzene rings is 2. The number of nitriles is 1. The van der Waals surface area contributed by atoms with Crippen LogP contribution in [0.15, 0.2) is 60.8 Å². The van der Waals surface area contributed by atoms with Crippen LogP contribution in [0.1, 0.15) is 27.9 Å². The molecule has 0 spiro atoms. The zero-order chi connectivity index (χ0) is 22.8. The normalized spacial score (nSPS) is 20.1. The number of carbonyl (C=O) groups excluding carboxylic acids is 2. The van der Waals surface area contributed by atoms with Crippen LogP contribution in [0.3, 0.4) is 0 Å². The maximum Gasteiger partial charge on any atom is 0.253 e. The largest absolute Gasteiger partial charge is 0.338 e. The summed E-state index contributed by atoms with van der Waals surface area (Å²) < 4.78 is 0. The van der Waals surface area contributed by atoms with Crippen LogP contribution < -0.4 is 0 Å². The lowest BCUT2D eigenvalue weighted by molar-refractivity contribution is -0.123. The molecule has 8 heteroatoms. The Labute approximate surface area is 190 Å². The Hall–Kier alpha value is -4.25. The van der Waals surface area contributed by atoms with E-state index in [0.29, 0.717) is 42.2 Å². The minimum atomic E-state index is -0.0792. The van der Waals surface area contributed by atoms with E-state index in [4.69, 9.17) is 5.26 Å². The highest BCUT2D eigenvalue weighted by atomic mass is 16.2. The third-order valence-corrected chi connectivity index (χ3v) is 6.34. The van der Waals surface area contributed by atoms with Gasteiger partial charge in [0.15, 0.2) is 0 Å². The van der Waals surface area contributed by atoms with Gasteiger partial charge in [0.2, 0.25) is 0 Å². The predicted octanol–water partition coefficient (Wildman–Crippen LogP) is 2.98. The Kier molecular flexibility index (Phi) is 5.45. The molecule has 1 saturated heterocycles. The fourth-order valence-corrected chi connectivity index (χ4v) is 4.45. The molecule has 164 valence electrons. The summed E-state index contributed by atoms with van der Waals surface area (Å²) in [6.07, 6.45) is 8.06. The van der Waals surface area contributed by atoms with Crippen molar-refractivity contribution in [2.75, 3.05) is 19.6 Å². The molecular formula is C25H22N6O2. The molecule has 1 aromatic heterocycles. The lowest BCUT2D eigenvalue weighted by atomic mass is 9.94. The average Bonchev–Trinajstić information content (AvgIpc) is 3.44. The number of nitrogens with zero attached hydrogens (tertiary/aromatic N) is 5. The van der Waals surface area contributed by atoms with Gasteiger partial charge in [0.1, 0.15) is 11.0 Å². The number of likely N-dealkylation sites (tertiary alicyclic amines) is 1. The molecule has 33 heavy (non-hydrogen) atoms. The average molecular weight is 438 g/mol. The van der Waals surface area contributed by atoms with Crippen LogP contribution in [-0.2, 0) is 4.79 Å². The molecule has 8 nitrogen and oxygen atoms in total. The van der Waals surface area contributed by atoms with Crippen LogP contribution in [-0.4, -0.2) is 56.7 Å². The number of rotatable bonds is 3. The highest BCUT2D eigenvalue weighted by Gasteiger charge is 2.35. The molecule has 0 bridgehead atoms. The summed E-state index contributed by atoms with van der Waals surface area (Å²) in [5.74, 6) is 0.468. The second kappa shape index (κ2) is 8.71. The summed E-state index contributed by atoms with van der Waals surface area (Å²) in [6.45, 7) is 1.93. The van der Waals surface area contributed by atoms with Gasteiger partial charge in [-0.25, -0.2) is 0 Å². The highest BCUT2D eigenvalue weighted by molar-refractivity contribution is 5.97. The molecule has 1 N–H and O–H groups in total. The molecule has 1 fully saturated rings. The van der Waals surface area contributed by atoms with Crippen molar-refractivity contribution in [1.29, 1.82) is 5.26 Å². The Morgan fingerprint density at radius 3 is 2.73 bits per heavy atom. The molecule has 2 atom stereocenters. The number of aromatic amines is 1. The lowest BCUT2D eigenvalue weighted by Gasteiger charge is -2.19. The topological polar surface area (TPSA) is 106 Å². The lowest BCUT2D eigenvalue weighted by Crippen LogP contribution is -2.30. The molecule has 3 aromatic rings. The molecule has 3 heterocycles. The van der Waals surface area contributed by atoms with Gasteiger partial charge in [0.05, 0.1) is 11.6 Å². The van der Waals surface area contributed by atoms with Crippen molar-refractivity contribution in [1.82, 2.24) is 25.2 Å². The van der Waals surface area contributed by atoms with E-state index < -0.39 is 0 Å². The number of hydrogen-bond acceptors (Lipinski definition) is 5. The molecule has 0 radical (unpaired) electrons. The predicted molar refractivity (Wildman–Crippen MR) is 122 cm³/mol. The quantitative estimate of drug-likeness (QED) is 0.633. The number of nitrogens with one attached hydrogen (secondary N) is 1. The van der Waals surface area contributed by atoms with Crippen LogP contribution in [0.5, 0.6) is 0 Å². The van der Waals surface area contributed by atoms with Crippen molar-refractivity contribution >= 4 is 28.9 Å². The number of H-pyrrole nitrogens is 1. The molecule has 2 aromatic carbocycles. The van der Waals surface area contributed by atoms with Crippen molar-refractivity contribution in [2.24, 2.45) is 11.8 Å². The monoisotopic (exact) mass is 438 g/mol. The smallest absolute Gasteiger partial charge is 0.253 e.